The lowest BCUT2D eigenvalue weighted by Gasteiger charge is -2.57. The van der Waals surface area contributed by atoms with Gasteiger partial charge in [0.25, 0.3) is 17.7 Å². The standard InChI is InChI=1S/C38H51N7O5/c1-37(2)24-38(3,4)36(37)41-32(47)26-8-11-31(40-22-26)44-14-12-25(13-15-44)23-42-16-18-43(19-17-42)27-9-10-28-29(21-27)35(50)45(34(28)49)30(7-6-20-46)33(48)39-5/h8-11,20-22,25,30,36H,6-7,12-19,23-24H2,1-5H3,(H,39,48)(H,41,47). The van der Waals surface area contributed by atoms with Crippen LogP contribution in [0.15, 0.2) is 36.5 Å². The molecule has 1 unspecified atom stereocenters. The normalized spacial score (nSPS) is 21.4. The Balaban J connectivity index is 0.970. The van der Waals surface area contributed by atoms with Crippen molar-refractivity contribution >= 4 is 41.4 Å². The Hall–Kier alpha value is -4.32. The van der Waals surface area contributed by atoms with Crippen molar-refractivity contribution in [3.63, 3.8) is 0 Å². The molecule has 12 nitrogen and oxygen atoms in total. The number of aromatic nitrogens is 1. The van der Waals surface area contributed by atoms with E-state index in [2.05, 4.69) is 58.0 Å². The van der Waals surface area contributed by atoms with Crippen LogP contribution in [0.5, 0.6) is 0 Å². The molecule has 1 saturated carbocycles. The molecule has 4 amide bonds. The van der Waals surface area contributed by atoms with E-state index in [0.29, 0.717) is 23.3 Å². The van der Waals surface area contributed by atoms with Gasteiger partial charge in [0.1, 0.15) is 18.1 Å². The van der Waals surface area contributed by atoms with Crippen LogP contribution >= 0.6 is 0 Å². The van der Waals surface area contributed by atoms with E-state index in [0.717, 1.165) is 81.5 Å². The van der Waals surface area contributed by atoms with Crippen molar-refractivity contribution in [2.24, 2.45) is 16.7 Å². The molecule has 2 aromatic rings. The Morgan fingerprint density at radius 2 is 1.60 bits per heavy atom. The lowest BCUT2D eigenvalue weighted by Crippen LogP contribution is -2.63. The first-order valence-electron chi connectivity index (χ1n) is 18.0. The molecule has 0 bridgehead atoms. The number of carbonyl (C=O) groups excluding carboxylic acids is 5. The van der Waals surface area contributed by atoms with Gasteiger partial charge >= 0.3 is 0 Å². The second-order valence-electron chi connectivity index (χ2n) is 15.8. The van der Waals surface area contributed by atoms with E-state index in [1.54, 1.807) is 18.3 Å². The lowest BCUT2D eigenvalue weighted by atomic mass is 9.52. The predicted octanol–water partition coefficient (Wildman–Crippen LogP) is 3.36. The number of piperazine rings is 1. The SMILES string of the molecule is CNC(=O)C(CCC=O)N1C(=O)c2ccc(N3CCN(CC4CCN(c5ccc(C(=O)NC6C(C)(C)CC6(C)C)cn5)CC4)CC3)cc2C1=O. The summed E-state index contributed by atoms with van der Waals surface area (Å²) in [6.07, 6.45) is 5.80. The molecule has 4 aliphatic rings. The predicted molar refractivity (Wildman–Crippen MR) is 191 cm³/mol. The van der Waals surface area contributed by atoms with E-state index in [9.17, 15) is 24.0 Å². The smallest absolute Gasteiger partial charge is 0.262 e. The third kappa shape index (κ3) is 6.99. The molecule has 50 heavy (non-hydrogen) atoms. The van der Waals surface area contributed by atoms with Crippen molar-refractivity contribution in [1.82, 2.24) is 25.4 Å². The first-order valence-corrected chi connectivity index (χ1v) is 18.0. The maximum Gasteiger partial charge on any atom is 0.262 e. The summed E-state index contributed by atoms with van der Waals surface area (Å²) in [5.74, 6) is -0.00398. The molecule has 6 rings (SSSR count). The highest BCUT2D eigenvalue weighted by atomic mass is 16.2. The number of carbonyl (C=O) groups is 5. The minimum atomic E-state index is -1.02. The number of piperidine rings is 1. The van der Waals surface area contributed by atoms with Gasteiger partial charge in [-0.1, -0.05) is 27.7 Å². The summed E-state index contributed by atoms with van der Waals surface area (Å²) in [6.45, 7) is 15.2. The minimum Gasteiger partial charge on any atom is -0.369 e. The molecule has 12 heteroatoms. The van der Waals surface area contributed by atoms with Gasteiger partial charge in [-0.25, -0.2) is 4.98 Å². The number of imide groups is 1. The number of hydrogen-bond donors (Lipinski definition) is 2. The number of fused-ring (bicyclic) bond motifs is 1. The van der Waals surface area contributed by atoms with Crippen molar-refractivity contribution in [2.45, 2.75) is 71.9 Å². The molecule has 0 radical (unpaired) electrons. The monoisotopic (exact) mass is 685 g/mol. The minimum absolute atomic E-state index is 0.0569. The number of nitrogens with one attached hydrogen (secondary N) is 2. The van der Waals surface area contributed by atoms with Crippen molar-refractivity contribution in [1.29, 1.82) is 0 Å². The Morgan fingerprint density at radius 1 is 0.920 bits per heavy atom. The Morgan fingerprint density at radius 3 is 2.20 bits per heavy atom. The van der Waals surface area contributed by atoms with Crippen LogP contribution in [-0.2, 0) is 9.59 Å². The van der Waals surface area contributed by atoms with Crippen molar-refractivity contribution < 1.29 is 24.0 Å². The zero-order chi connectivity index (χ0) is 35.8. The van der Waals surface area contributed by atoms with Crippen molar-refractivity contribution in [2.75, 3.05) is 62.7 Å². The number of rotatable bonds is 11. The summed E-state index contributed by atoms with van der Waals surface area (Å²) >= 11 is 0. The third-order valence-electron chi connectivity index (χ3n) is 11.3. The van der Waals surface area contributed by atoms with Crippen molar-refractivity contribution in [3.8, 4) is 0 Å². The Labute approximate surface area is 294 Å². The zero-order valence-electron chi connectivity index (χ0n) is 30.0. The van der Waals surface area contributed by atoms with E-state index in [-0.39, 0.29) is 41.2 Å². The van der Waals surface area contributed by atoms with Gasteiger partial charge in [0.2, 0.25) is 5.91 Å². The van der Waals surface area contributed by atoms with Crippen LogP contribution in [0.2, 0.25) is 0 Å². The molecule has 0 spiro atoms. The van der Waals surface area contributed by atoms with Gasteiger partial charge in [-0.15, -0.1) is 0 Å². The average molecular weight is 686 g/mol. The first-order chi connectivity index (χ1) is 23.8. The third-order valence-corrected chi connectivity index (χ3v) is 11.3. The summed E-state index contributed by atoms with van der Waals surface area (Å²) < 4.78 is 0. The highest BCUT2D eigenvalue weighted by Gasteiger charge is 2.53. The maximum absolute atomic E-state index is 13.4. The summed E-state index contributed by atoms with van der Waals surface area (Å²) in [5.41, 5.74) is 2.27. The van der Waals surface area contributed by atoms with E-state index in [1.807, 2.05) is 18.2 Å². The van der Waals surface area contributed by atoms with Gasteiger partial charge in [-0.3, -0.25) is 29.0 Å². The van der Waals surface area contributed by atoms with Crippen LogP contribution < -0.4 is 20.4 Å². The van der Waals surface area contributed by atoms with Gasteiger partial charge in [0.15, 0.2) is 0 Å². The first kappa shape index (κ1) is 35.5. The average Bonchev–Trinajstić information content (AvgIpc) is 3.35. The molecule has 2 saturated heterocycles. The van der Waals surface area contributed by atoms with E-state index >= 15 is 0 Å². The topological polar surface area (TPSA) is 135 Å². The second kappa shape index (κ2) is 14.1. The number of nitrogens with zero attached hydrogens (tertiary/aromatic N) is 5. The molecule has 1 aromatic carbocycles. The number of benzene rings is 1. The molecule has 268 valence electrons. The Bertz CT molecular complexity index is 1610. The highest BCUT2D eigenvalue weighted by molar-refractivity contribution is 6.23. The maximum atomic E-state index is 13.4. The number of aldehydes is 1. The number of amides is 4. The molecule has 3 fully saturated rings. The second-order valence-corrected chi connectivity index (χ2v) is 15.8. The fourth-order valence-corrected chi connectivity index (χ4v) is 9.01. The van der Waals surface area contributed by atoms with Crippen LogP contribution in [0.4, 0.5) is 11.5 Å². The zero-order valence-corrected chi connectivity index (χ0v) is 30.0. The van der Waals surface area contributed by atoms with Gasteiger partial charge in [-0.2, -0.15) is 0 Å². The fraction of sp³-hybridized carbons (Fsp3) is 0.579. The summed E-state index contributed by atoms with van der Waals surface area (Å²) in [7, 11) is 1.45. The molecule has 1 aliphatic carbocycles. The van der Waals surface area contributed by atoms with Gasteiger partial charge in [0, 0.05) is 77.2 Å². The molecule has 2 N–H and O–H groups in total. The van der Waals surface area contributed by atoms with Crippen LogP contribution in [-0.4, -0.2) is 110 Å². The van der Waals surface area contributed by atoms with Gasteiger partial charge in [-0.05, 0) is 72.8 Å². The van der Waals surface area contributed by atoms with Crippen LogP contribution in [0.1, 0.15) is 90.9 Å². The molecule has 3 aliphatic heterocycles. The summed E-state index contributed by atoms with van der Waals surface area (Å²) in [6, 6.07) is 8.31. The molecule has 1 aromatic heterocycles. The fourth-order valence-electron chi connectivity index (χ4n) is 9.01. The number of anilines is 2. The lowest BCUT2D eigenvalue weighted by molar-refractivity contribution is -0.124. The summed E-state index contributed by atoms with van der Waals surface area (Å²) in [5, 5.41) is 5.76. The van der Waals surface area contributed by atoms with Crippen LogP contribution in [0.25, 0.3) is 0 Å². The molecule has 1 atom stereocenters. The van der Waals surface area contributed by atoms with Crippen LogP contribution in [0, 0.1) is 16.7 Å². The Kier molecular flexibility index (Phi) is 10.0. The highest BCUT2D eigenvalue weighted by Crippen LogP contribution is 2.53. The summed E-state index contributed by atoms with van der Waals surface area (Å²) in [4.78, 5) is 75.7. The quantitative estimate of drug-likeness (QED) is 0.270. The number of pyridine rings is 1. The molecule has 4 heterocycles. The number of likely N-dealkylation sites (N-methyl/N-ethyl adjacent to an activating group) is 1. The van der Waals surface area contributed by atoms with Gasteiger partial charge in [0.05, 0.1) is 16.7 Å². The van der Waals surface area contributed by atoms with Gasteiger partial charge < -0.3 is 25.2 Å². The largest absolute Gasteiger partial charge is 0.369 e. The van der Waals surface area contributed by atoms with E-state index in [4.69, 9.17) is 0 Å². The molecular formula is C38H51N7O5. The molecular weight excluding hydrogens is 634 g/mol. The number of hydrogen-bond acceptors (Lipinski definition) is 9. The van der Waals surface area contributed by atoms with Crippen molar-refractivity contribution in [3.05, 3.63) is 53.2 Å². The van der Waals surface area contributed by atoms with E-state index in [1.165, 1.54) is 7.05 Å². The van der Waals surface area contributed by atoms with E-state index < -0.39 is 23.8 Å². The van der Waals surface area contributed by atoms with Crippen LogP contribution in [0.3, 0.4) is 0 Å².